The zero-order valence-electron chi connectivity index (χ0n) is 7.03. The van der Waals surface area contributed by atoms with Crippen LogP contribution < -0.4 is 5.73 Å². The van der Waals surface area contributed by atoms with E-state index in [4.69, 9.17) is 5.73 Å². The number of benzene rings is 1. The van der Waals surface area contributed by atoms with Crippen LogP contribution in [-0.2, 0) is 11.7 Å². The Hall–Kier alpha value is -1.61. The maximum Gasteiger partial charge on any atom is 0.109 e. The SMILES string of the molecule is Nc1cnc2c(C[O])cccc2c1. The molecule has 13 heavy (non-hydrogen) atoms. The van der Waals surface area contributed by atoms with E-state index in [1.807, 2.05) is 18.2 Å². The molecule has 2 rings (SSSR count). The van der Waals surface area contributed by atoms with E-state index in [1.54, 1.807) is 12.3 Å². The molecule has 0 saturated carbocycles. The summed E-state index contributed by atoms with van der Waals surface area (Å²) in [5.41, 5.74) is 7.67. The van der Waals surface area contributed by atoms with Crippen LogP contribution in [0.1, 0.15) is 5.56 Å². The molecular formula is C10H9N2O. The van der Waals surface area contributed by atoms with Crippen molar-refractivity contribution in [1.29, 1.82) is 0 Å². The van der Waals surface area contributed by atoms with Crippen molar-refractivity contribution in [2.24, 2.45) is 0 Å². The highest BCUT2D eigenvalue weighted by molar-refractivity contribution is 5.83. The summed E-state index contributed by atoms with van der Waals surface area (Å²) in [6, 6.07) is 7.36. The third-order valence-electron chi connectivity index (χ3n) is 1.97. The van der Waals surface area contributed by atoms with Crippen molar-refractivity contribution in [2.45, 2.75) is 6.61 Å². The van der Waals surface area contributed by atoms with Gasteiger partial charge < -0.3 is 5.73 Å². The number of anilines is 1. The first-order valence-electron chi connectivity index (χ1n) is 4.02. The number of hydrogen-bond acceptors (Lipinski definition) is 2. The molecule has 2 aromatic rings. The second kappa shape index (κ2) is 3.03. The summed E-state index contributed by atoms with van der Waals surface area (Å²) in [6.45, 7) is -0.242. The van der Waals surface area contributed by atoms with Crippen molar-refractivity contribution in [1.82, 2.24) is 4.98 Å². The van der Waals surface area contributed by atoms with Crippen molar-refractivity contribution >= 4 is 16.6 Å². The molecule has 1 aromatic heterocycles. The Morgan fingerprint density at radius 1 is 1.38 bits per heavy atom. The van der Waals surface area contributed by atoms with Gasteiger partial charge >= 0.3 is 0 Å². The normalized spacial score (nSPS) is 10.5. The molecule has 1 radical (unpaired) electrons. The monoisotopic (exact) mass is 173 g/mol. The summed E-state index contributed by atoms with van der Waals surface area (Å²) in [5, 5.41) is 11.7. The Morgan fingerprint density at radius 3 is 3.00 bits per heavy atom. The van der Waals surface area contributed by atoms with E-state index in [9.17, 15) is 5.11 Å². The third-order valence-corrected chi connectivity index (χ3v) is 1.97. The standard InChI is InChI=1S/C10H9N2O/c11-9-4-7-2-1-3-8(6-13)10(7)12-5-9/h1-5H,6,11H2. The van der Waals surface area contributed by atoms with Crippen LogP contribution in [0.4, 0.5) is 5.69 Å². The zero-order chi connectivity index (χ0) is 9.26. The minimum absolute atomic E-state index is 0.242. The molecule has 1 aromatic carbocycles. The summed E-state index contributed by atoms with van der Waals surface area (Å²) < 4.78 is 0. The van der Waals surface area contributed by atoms with Crippen LogP contribution in [0, 0.1) is 0 Å². The van der Waals surface area contributed by atoms with E-state index >= 15 is 0 Å². The fourth-order valence-corrected chi connectivity index (χ4v) is 1.36. The van der Waals surface area contributed by atoms with Gasteiger partial charge in [0.05, 0.1) is 17.4 Å². The van der Waals surface area contributed by atoms with Crippen LogP contribution in [0.5, 0.6) is 0 Å². The lowest BCUT2D eigenvalue weighted by molar-refractivity contribution is 0.178. The highest BCUT2D eigenvalue weighted by Crippen LogP contribution is 2.18. The van der Waals surface area contributed by atoms with Gasteiger partial charge in [0.25, 0.3) is 0 Å². The molecule has 65 valence electrons. The van der Waals surface area contributed by atoms with Gasteiger partial charge in [-0.05, 0) is 6.07 Å². The van der Waals surface area contributed by atoms with Gasteiger partial charge in [0, 0.05) is 10.9 Å². The van der Waals surface area contributed by atoms with Crippen molar-refractivity contribution in [2.75, 3.05) is 5.73 Å². The number of nitrogens with two attached hydrogens (primary N) is 1. The van der Waals surface area contributed by atoms with Gasteiger partial charge in [-0.3, -0.25) is 4.98 Å². The molecule has 0 fully saturated rings. The first-order chi connectivity index (χ1) is 6.31. The van der Waals surface area contributed by atoms with Crippen LogP contribution >= 0.6 is 0 Å². The molecule has 2 N–H and O–H groups in total. The molecule has 0 aliphatic heterocycles. The maximum atomic E-state index is 10.8. The Balaban J connectivity index is 2.77. The predicted octanol–water partition coefficient (Wildman–Crippen LogP) is 1.75. The molecule has 0 saturated heterocycles. The third kappa shape index (κ3) is 1.34. The highest BCUT2D eigenvalue weighted by atomic mass is 16.3. The van der Waals surface area contributed by atoms with Crippen molar-refractivity contribution in [3.05, 3.63) is 36.0 Å². The molecule has 0 aliphatic carbocycles. The van der Waals surface area contributed by atoms with E-state index < -0.39 is 0 Å². The van der Waals surface area contributed by atoms with E-state index in [-0.39, 0.29) is 6.61 Å². The second-order valence-electron chi connectivity index (χ2n) is 2.90. The van der Waals surface area contributed by atoms with Gasteiger partial charge in [0.15, 0.2) is 0 Å². The van der Waals surface area contributed by atoms with Crippen LogP contribution in [0.25, 0.3) is 10.9 Å². The van der Waals surface area contributed by atoms with Gasteiger partial charge in [-0.25, -0.2) is 5.11 Å². The van der Waals surface area contributed by atoms with Crippen molar-refractivity contribution in [3.63, 3.8) is 0 Å². The van der Waals surface area contributed by atoms with E-state index in [0.29, 0.717) is 5.69 Å². The smallest absolute Gasteiger partial charge is 0.109 e. The molecule has 3 nitrogen and oxygen atoms in total. The topological polar surface area (TPSA) is 58.8 Å². The Labute approximate surface area is 75.8 Å². The van der Waals surface area contributed by atoms with Crippen LogP contribution in [0.15, 0.2) is 30.5 Å². The minimum Gasteiger partial charge on any atom is -0.397 e. The predicted molar refractivity (Wildman–Crippen MR) is 50.5 cm³/mol. The molecule has 0 aliphatic rings. The van der Waals surface area contributed by atoms with Gasteiger partial charge in [-0.1, -0.05) is 18.2 Å². The summed E-state index contributed by atoms with van der Waals surface area (Å²) in [5.74, 6) is 0. The zero-order valence-corrected chi connectivity index (χ0v) is 7.03. The van der Waals surface area contributed by atoms with Crippen LogP contribution in [0.3, 0.4) is 0 Å². The highest BCUT2D eigenvalue weighted by Gasteiger charge is 2.00. The van der Waals surface area contributed by atoms with E-state index in [1.165, 1.54) is 0 Å². The summed E-state index contributed by atoms with van der Waals surface area (Å²) in [7, 11) is 0. The largest absolute Gasteiger partial charge is 0.397 e. The van der Waals surface area contributed by atoms with Gasteiger partial charge in [0.1, 0.15) is 6.61 Å². The first kappa shape index (κ1) is 8.01. The van der Waals surface area contributed by atoms with E-state index in [0.717, 1.165) is 16.5 Å². The minimum atomic E-state index is -0.242. The molecular weight excluding hydrogens is 164 g/mol. The van der Waals surface area contributed by atoms with Gasteiger partial charge in [-0.15, -0.1) is 0 Å². The quantitative estimate of drug-likeness (QED) is 0.714. The second-order valence-corrected chi connectivity index (χ2v) is 2.90. The maximum absolute atomic E-state index is 10.8. The number of fused-ring (bicyclic) bond motifs is 1. The Morgan fingerprint density at radius 2 is 2.23 bits per heavy atom. The average Bonchev–Trinajstić information content (AvgIpc) is 2.16. The number of rotatable bonds is 1. The number of para-hydroxylation sites is 1. The first-order valence-corrected chi connectivity index (χ1v) is 4.02. The number of nitrogen functional groups attached to an aromatic ring is 1. The van der Waals surface area contributed by atoms with E-state index in [2.05, 4.69) is 4.98 Å². The number of hydrogen-bond donors (Lipinski definition) is 1. The van der Waals surface area contributed by atoms with Crippen molar-refractivity contribution < 1.29 is 5.11 Å². The fraction of sp³-hybridized carbons (Fsp3) is 0.100. The van der Waals surface area contributed by atoms with Gasteiger partial charge in [-0.2, -0.15) is 0 Å². The molecule has 0 atom stereocenters. The van der Waals surface area contributed by atoms with Crippen LogP contribution in [0.2, 0.25) is 0 Å². The fourth-order valence-electron chi connectivity index (χ4n) is 1.36. The van der Waals surface area contributed by atoms with Gasteiger partial charge in [0.2, 0.25) is 0 Å². The lowest BCUT2D eigenvalue weighted by Crippen LogP contribution is -1.90. The number of pyridine rings is 1. The molecule has 0 bridgehead atoms. The molecule has 3 heteroatoms. The molecule has 0 unspecified atom stereocenters. The average molecular weight is 173 g/mol. The van der Waals surface area contributed by atoms with Crippen LogP contribution in [-0.4, -0.2) is 4.98 Å². The molecule has 1 heterocycles. The summed E-state index contributed by atoms with van der Waals surface area (Å²) in [4.78, 5) is 4.13. The Bertz CT molecular complexity index is 440. The summed E-state index contributed by atoms with van der Waals surface area (Å²) in [6.07, 6.45) is 1.57. The Kier molecular flexibility index (Phi) is 1.87. The summed E-state index contributed by atoms with van der Waals surface area (Å²) >= 11 is 0. The van der Waals surface area contributed by atoms with Crippen molar-refractivity contribution in [3.8, 4) is 0 Å². The number of aromatic nitrogens is 1. The molecule has 0 spiro atoms. The molecule has 0 amide bonds. The lowest BCUT2D eigenvalue weighted by Gasteiger charge is -2.01. The number of nitrogens with zero attached hydrogens (tertiary/aromatic N) is 1. The lowest BCUT2D eigenvalue weighted by atomic mass is 10.1.